The molecule has 0 unspecified atom stereocenters. The summed E-state index contributed by atoms with van der Waals surface area (Å²) >= 11 is 0. The Labute approximate surface area is 103 Å². The van der Waals surface area contributed by atoms with Crippen LogP contribution in [0.2, 0.25) is 0 Å². The Hall–Kier alpha value is -1.06. The van der Waals surface area contributed by atoms with Crippen molar-refractivity contribution >= 4 is 11.9 Å². The molecule has 0 aromatic heterocycles. The molecular formula is C13H23NO3. The Bertz CT molecular complexity index is 272. The van der Waals surface area contributed by atoms with E-state index in [1.54, 1.807) is 0 Å². The minimum Gasteiger partial charge on any atom is -0.480 e. The SMILES string of the molecule is CC[C@H](C)[C@@H](NC(=O)CC1CCCC1)C(=O)O. The van der Waals surface area contributed by atoms with Gasteiger partial charge in [0.2, 0.25) is 5.91 Å². The van der Waals surface area contributed by atoms with Gasteiger partial charge in [0.05, 0.1) is 0 Å². The second-order valence-corrected chi connectivity index (χ2v) is 5.12. The third-order valence-corrected chi connectivity index (χ3v) is 3.74. The van der Waals surface area contributed by atoms with Crippen LogP contribution in [0.3, 0.4) is 0 Å². The molecule has 2 N–H and O–H groups in total. The van der Waals surface area contributed by atoms with Crippen LogP contribution in [0.1, 0.15) is 52.4 Å². The molecule has 0 radical (unpaired) electrons. The first-order valence-electron chi connectivity index (χ1n) is 6.56. The molecule has 1 saturated carbocycles. The van der Waals surface area contributed by atoms with Gasteiger partial charge < -0.3 is 10.4 Å². The monoisotopic (exact) mass is 241 g/mol. The van der Waals surface area contributed by atoms with Crippen LogP contribution in [0, 0.1) is 11.8 Å². The Balaban J connectivity index is 2.43. The normalized spacial score (nSPS) is 19.9. The van der Waals surface area contributed by atoms with Gasteiger partial charge in [0.1, 0.15) is 6.04 Å². The molecule has 0 aromatic rings. The number of nitrogens with one attached hydrogen (secondary N) is 1. The molecule has 0 spiro atoms. The maximum atomic E-state index is 11.8. The molecule has 1 aliphatic rings. The van der Waals surface area contributed by atoms with Crippen molar-refractivity contribution in [2.24, 2.45) is 11.8 Å². The zero-order valence-electron chi connectivity index (χ0n) is 10.7. The molecule has 0 saturated heterocycles. The van der Waals surface area contributed by atoms with Crippen molar-refractivity contribution in [2.45, 2.75) is 58.4 Å². The van der Waals surface area contributed by atoms with E-state index in [0.29, 0.717) is 12.3 Å². The van der Waals surface area contributed by atoms with Crippen molar-refractivity contribution in [3.63, 3.8) is 0 Å². The standard InChI is InChI=1S/C13H23NO3/c1-3-9(2)12(13(16)17)14-11(15)8-10-6-4-5-7-10/h9-10,12H,3-8H2,1-2H3,(H,14,15)(H,16,17)/t9-,12+/m0/s1. The van der Waals surface area contributed by atoms with Crippen LogP contribution < -0.4 is 5.32 Å². The number of carbonyl (C=O) groups is 2. The largest absolute Gasteiger partial charge is 0.480 e. The predicted molar refractivity (Wildman–Crippen MR) is 65.6 cm³/mol. The van der Waals surface area contributed by atoms with E-state index in [-0.39, 0.29) is 11.8 Å². The Morgan fingerprint density at radius 2 is 1.94 bits per heavy atom. The van der Waals surface area contributed by atoms with Gasteiger partial charge >= 0.3 is 5.97 Å². The molecule has 1 fully saturated rings. The van der Waals surface area contributed by atoms with E-state index in [2.05, 4.69) is 5.32 Å². The summed E-state index contributed by atoms with van der Waals surface area (Å²) in [7, 11) is 0. The summed E-state index contributed by atoms with van der Waals surface area (Å²) in [4.78, 5) is 22.8. The highest BCUT2D eigenvalue weighted by Crippen LogP contribution is 2.27. The van der Waals surface area contributed by atoms with Gasteiger partial charge in [-0.15, -0.1) is 0 Å². The van der Waals surface area contributed by atoms with Crippen molar-refractivity contribution in [3.05, 3.63) is 0 Å². The summed E-state index contributed by atoms with van der Waals surface area (Å²) in [5.74, 6) is -0.606. The van der Waals surface area contributed by atoms with Crippen molar-refractivity contribution in [2.75, 3.05) is 0 Å². The van der Waals surface area contributed by atoms with E-state index in [4.69, 9.17) is 5.11 Å². The second kappa shape index (κ2) is 6.62. The van der Waals surface area contributed by atoms with Gasteiger partial charge in [-0.3, -0.25) is 4.79 Å². The third-order valence-electron chi connectivity index (χ3n) is 3.74. The van der Waals surface area contributed by atoms with E-state index >= 15 is 0 Å². The number of aliphatic carboxylic acids is 1. The molecule has 17 heavy (non-hydrogen) atoms. The fraction of sp³-hybridized carbons (Fsp3) is 0.846. The number of hydrogen-bond donors (Lipinski definition) is 2. The lowest BCUT2D eigenvalue weighted by Crippen LogP contribution is -2.45. The fourth-order valence-corrected chi connectivity index (χ4v) is 2.39. The first kappa shape index (κ1) is 14.0. The van der Waals surface area contributed by atoms with Crippen LogP contribution in [0.5, 0.6) is 0 Å². The summed E-state index contributed by atoms with van der Waals surface area (Å²) in [5, 5.41) is 11.7. The topological polar surface area (TPSA) is 66.4 Å². The average molecular weight is 241 g/mol. The average Bonchev–Trinajstić information content (AvgIpc) is 2.77. The van der Waals surface area contributed by atoms with Crippen molar-refractivity contribution in [1.29, 1.82) is 0 Å². The van der Waals surface area contributed by atoms with E-state index in [9.17, 15) is 9.59 Å². The third kappa shape index (κ3) is 4.36. The van der Waals surface area contributed by atoms with Gasteiger partial charge in [-0.1, -0.05) is 33.1 Å². The zero-order chi connectivity index (χ0) is 12.8. The van der Waals surface area contributed by atoms with Crippen molar-refractivity contribution < 1.29 is 14.7 Å². The van der Waals surface area contributed by atoms with Gasteiger partial charge in [0.15, 0.2) is 0 Å². The van der Waals surface area contributed by atoms with Gasteiger partial charge in [-0.2, -0.15) is 0 Å². The lowest BCUT2D eigenvalue weighted by molar-refractivity contribution is -0.143. The molecule has 0 aliphatic heterocycles. The summed E-state index contributed by atoms with van der Waals surface area (Å²) < 4.78 is 0. The van der Waals surface area contributed by atoms with Crippen LogP contribution in [0.25, 0.3) is 0 Å². The molecule has 98 valence electrons. The smallest absolute Gasteiger partial charge is 0.326 e. The summed E-state index contributed by atoms with van der Waals surface area (Å²) in [6.45, 7) is 3.79. The first-order chi connectivity index (χ1) is 8.04. The van der Waals surface area contributed by atoms with E-state index < -0.39 is 12.0 Å². The molecule has 2 atom stereocenters. The summed E-state index contributed by atoms with van der Waals surface area (Å²) in [6.07, 6.45) is 5.85. The highest BCUT2D eigenvalue weighted by molar-refractivity contribution is 5.83. The molecule has 0 bridgehead atoms. The van der Waals surface area contributed by atoms with Crippen LogP contribution >= 0.6 is 0 Å². The van der Waals surface area contributed by atoms with Gasteiger partial charge in [0.25, 0.3) is 0 Å². The maximum Gasteiger partial charge on any atom is 0.326 e. The molecule has 0 heterocycles. The van der Waals surface area contributed by atoms with E-state index in [1.807, 2.05) is 13.8 Å². The maximum absolute atomic E-state index is 11.8. The molecule has 1 rings (SSSR count). The van der Waals surface area contributed by atoms with Gasteiger partial charge in [-0.25, -0.2) is 4.79 Å². The lowest BCUT2D eigenvalue weighted by Gasteiger charge is -2.21. The summed E-state index contributed by atoms with van der Waals surface area (Å²) in [6, 6.07) is -0.742. The number of carbonyl (C=O) groups excluding carboxylic acids is 1. The van der Waals surface area contributed by atoms with Crippen molar-refractivity contribution in [1.82, 2.24) is 5.32 Å². The van der Waals surface area contributed by atoms with Gasteiger partial charge in [0, 0.05) is 6.42 Å². The Morgan fingerprint density at radius 1 is 1.35 bits per heavy atom. The molecule has 4 nitrogen and oxygen atoms in total. The molecule has 4 heteroatoms. The second-order valence-electron chi connectivity index (χ2n) is 5.12. The summed E-state index contributed by atoms with van der Waals surface area (Å²) in [5.41, 5.74) is 0. The fourth-order valence-electron chi connectivity index (χ4n) is 2.39. The van der Waals surface area contributed by atoms with Crippen LogP contribution in [-0.2, 0) is 9.59 Å². The lowest BCUT2D eigenvalue weighted by atomic mass is 9.98. The molecule has 1 aliphatic carbocycles. The Morgan fingerprint density at radius 3 is 2.41 bits per heavy atom. The number of hydrogen-bond acceptors (Lipinski definition) is 2. The van der Waals surface area contributed by atoms with Crippen LogP contribution in [0.15, 0.2) is 0 Å². The number of rotatable bonds is 6. The first-order valence-corrected chi connectivity index (χ1v) is 6.56. The van der Waals surface area contributed by atoms with E-state index in [0.717, 1.165) is 19.3 Å². The molecule has 1 amide bonds. The highest BCUT2D eigenvalue weighted by Gasteiger charge is 2.26. The Kier molecular flexibility index (Phi) is 5.45. The van der Waals surface area contributed by atoms with Crippen LogP contribution in [-0.4, -0.2) is 23.0 Å². The molecule has 0 aromatic carbocycles. The predicted octanol–water partition coefficient (Wildman–Crippen LogP) is 2.18. The zero-order valence-corrected chi connectivity index (χ0v) is 10.7. The minimum atomic E-state index is -0.931. The number of carboxylic acid groups (broad SMARTS) is 1. The van der Waals surface area contributed by atoms with Gasteiger partial charge in [-0.05, 0) is 24.7 Å². The quantitative estimate of drug-likeness (QED) is 0.749. The van der Waals surface area contributed by atoms with E-state index in [1.165, 1.54) is 12.8 Å². The van der Waals surface area contributed by atoms with Crippen LogP contribution in [0.4, 0.5) is 0 Å². The minimum absolute atomic E-state index is 0.0278. The number of carboxylic acids is 1. The van der Waals surface area contributed by atoms with Crippen molar-refractivity contribution in [3.8, 4) is 0 Å². The highest BCUT2D eigenvalue weighted by atomic mass is 16.4. The number of amides is 1. The molecular weight excluding hydrogens is 218 g/mol.